The molecule has 84 valence electrons. The summed E-state index contributed by atoms with van der Waals surface area (Å²) in [5.74, 6) is 0. The Labute approximate surface area is 96.7 Å². The van der Waals surface area contributed by atoms with Crippen molar-refractivity contribution in [2.45, 2.75) is 32.1 Å². The lowest BCUT2D eigenvalue weighted by Crippen LogP contribution is -1.89. The number of aryl methyl sites for hydroxylation is 2. The van der Waals surface area contributed by atoms with Crippen LogP contribution in [0.15, 0.2) is 42.6 Å². The van der Waals surface area contributed by atoms with Gasteiger partial charge in [-0.2, -0.15) is 5.10 Å². The zero-order valence-corrected chi connectivity index (χ0v) is 9.52. The Morgan fingerprint density at radius 2 is 1.69 bits per heavy atom. The lowest BCUT2D eigenvalue weighted by Gasteiger charge is -2.01. The van der Waals surface area contributed by atoms with Crippen molar-refractivity contribution in [2.75, 3.05) is 0 Å². The normalized spacial score (nSPS) is 10.5. The molecule has 0 saturated heterocycles. The van der Waals surface area contributed by atoms with Crippen LogP contribution in [0.1, 0.15) is 30.5 Å². The Kier molecular flexibility index (Phi) is 4.17. The molecule has 2 rings (SSSR count). The number of H-pyrrole nitrogens is 1. The molecule has 2 nitrogen and oxygen atoms in total. The quantitative estimate of drug-likeness (QED) is 0.734. The van der Waals surface area contributed by atoms with E-state index in [1.165, 1.54) is 36.9 Å². The molecular weight excluding hydrogens is 196 g/mol. The number of benzene rings is 1. The molecule has 1 heterocycles. The predicted molar refractivity (Wildman–Crippen MR) is 66.3 cm³/mol. The van der Waals surface area contributed by atoms with Gasteiger partial charge in [-0.3, -0.25) is 5.10 Å². The lowest BCUT2D eigenvalue weighted by molar-refractivity contribution is 0.670. The predicted octanol–water partition coefficient (Wildman–Crippen LogP) is 3.37. The minimum atomic E-state index is 1.12. The second-order valence-corrected chi connectivity index (χ2v) is 4.13. The monoisotopic (exact) mass is 214 g/mol. The molecule has 0 bridgehead atoms. The number of aromatic nitrogens is 2. The van der Waals surface area contributed by atoms with Crippen LogP contribution >= 0.6 is 0 Å². The highest BCUT2D eigenvalue weighted by molar-refractivity contribution is 5.14. The van der Waals surface area contributed by atoms with Crippen molar-refractivity contribution in [3.63, 3.8) is 0 Å². The minimum absolute atomic E-state index is 1.12. The third-order valence-electron chi connectivity index (χ3n) is 2.81. The molecule has 0 radical (unpaired) electrons. The molecule has 0 saturated carbocycles. The molecule has 0 spiro atoms. The maximum atomic E-state index is 3.94. The number of aromatic amines is 1. The maximum Gasteiger partial charge on any atom is 0.0490 e. The van der Waals surface area contributed by atoms with Gasteiger partial charge in [0.1, 0.15) is 0 Å². The smallest absolute Gasteiger partial charge is 0.0490 e. The van der Waals surface area contributed by atoms with E-state index in [1.807, 2.05) is 6.20 Å². The summed E-state index contributed by atoms with van der Waals surface area (Å²) >= 11 is 0. The highest BCUT2D eigenvalue weighted by atomic mass is 15.1. The van der Waals surface area contributed by atoms with Gasteiger partial charge in [0.25, 0.3) is 0 Å². The Morgan fingerprint density at radius 3 is 2.44 bits per heavy atom. The maximum absolute atomic E-state index is 3.94. The first kappa shape index (κ1) is 10.9. The number of rotatable bonds is 6. The molecule has 0 atom stereocenters. The summed E-state index contributed by atoms with van der Waals surface area (Å²) < 4.78 is 0. The van der Waals surface area contributed by atoms with E-state index < -0.39 is 0 Å². The van der Waals surface area contributed by atoms with Gasteiger partial charge in [-0.05, 0) is 37.3 Å². The van der Waals surface area contributed by atoms with Crippen molar-refractivity contribution in [3.8, 4) is 0 Å². The summed E-state index contributed by atoms with van der Waals surface area (Å²) in [6.45, 7) is 0. The van der Waals surface area contributed by atoms with Crippen LogP contribution in [0.3, 0.4) is 0 Å². The molecule has 0 aliphatic heterocycles. The van der Waals surface area contributed by atoms with Crippen LogP contribution in [-0.4, -0.2) is 10.2 Å². The molecule has 2 aromatic rings. The fourth-order valence-corrected chi connectivity index (χ4v) is 1.89. The summed E-state index contributed by atoms with van der Waals surface area (Å²) in [4.78, 5) is 0. The van der Waals surface area contributed by atoms with E-state index in [4.69, 9.17) is 0 Å². The van der Waals surface area contributed by atoms with Crippen LogP contribution in [0.5, 0.6) is 0 Å². The third-order valence-corrected chi connectivity index (χ3v) is 2.81. The van der Waals surface area contributed by atoms with Crippen molar-refractivity contribution in [3.05, 3.63) is 53.9 Å². The standard InChI is InChI=1S/C14H18N2/c1-3-7-13(8-4-1)9-5-2-6-10-14-11-12-15-16-14/h1,3-4,7-8,11-12H,2,5-6,9-10H2,(H,15,16). The topological polar surface area (TPSA) is 28.7 Å². The molecule has 0 aliphatic carbocycles. The minimum Gasteiger partial charge on any atom is -0.283 e. The summed E-state index contributed by atoms with van der Waals surface area (Å²) in [5, 5.41) is 6.94. The number of unbranched alkanes of at least 4 members (excludes halogenated alkanes) is 2. The van der Waals surface area contributed by atoms with E-state index in [2.05, 4.69) is 46.6 Å². The first-order valence-corrected chi connectivity index (χ1v) is 5.97. The van der Waals surface area contributed by atoms with E-state index in [0.29, 0.717) is 0 Å². The van der Waals surface area contributed by atoms with E-state index in [1.54, 1.807) is 0 Å². The Hall–Kier alpha value is -1.57. The van der Waals surface area contributed by atoms with E-state index >= 15 is 0 Å². The van der Waals surface area contributed by atoms with Gasteiger partial charge < -0.3 is 0 Å². The molecule has 2 heteroatoms. The Bertz CT molecular complexity index is 378. The van der Waals surface area contributed by atoms with Crippen molar-refractivity contribution in [2.24, 2.45) is 0 Å². The third kappa shape index (κ3) is 3.54. The van der Waals surface area contributed by atoms with Gasteiger partial charge >= 0.3 is 0 Å². The largest absolute Gasteiger partial charge is 0.283 e. The van der Waals surface area contributed by atoms with Crippen molar-refractivity contribution < 1.29 is 0 Å². The van der Waals surface area contributed by atoms with E-state index in [9.17, 15) is 0 Å². The highest BCUT2D eigenvalue weighted by Crippen LogP contribution is 2.08. The van der Waals surface area contributed by atoms with Crippen LogP contribution in [0.2, 0.25) is 0 Å². The molecule has 0 unspecified atom stereocenters. The van der Waals surface area contributed by atoms with Gasteiger partial charge in [0, 0.05) is 11.9 Å². The lowest BCUT2D eigenvalue weighted by atomic mass is 10.1. The summed E-state index contributed by atoms with van der Waals surface area (Å²) in [6.07, 6.45) is 7.94. The van der Waals surface area contributed by atoms with Gasteiger partial charge in [-0.25, -0.2) is 0 Å². The Balaban J connectivity index is 1.59. The van der Waals surface area contributed by atoms with Crippen LogP contribution in [0, 0.1) is 0 Å². The fraction of sp³-hybridized carbons (Fsp3) is 0.357. The van der Waals surface area contributed by atoms with Crippen molar-refractivity contribution >= 4 is 0 Å². The number of hydrogen-bond acceptors (Lipinski definition) is 1. The number of nitrogens with zero attached hydrogens (tertiary/aromatic N) is 1. The fourth-order valence-electron chi connectivity index (χ4n) is 1.89. The van der Waals surface area contributed by atoms with Crippen LogP contribution in [0.25, 0.3) is 0 Å². The molecular formula is C14H18N2. The molecule has 1 aromatic heterocycles. The van der Waals surface area contributed by atoms with Gasteiger partial charge in [0.15, 0.2) is 0 Å². The SMILES string of the molecule is c1ccc(CCCCCc2ccn[nH]2)cc1. The zero-order chi connectivity index (χ0) is 11.1. The average Bonchev–Trinajstić information content (AvgIpc) is 2.83. The second kappa shape index (κ2) is 6.11. The van der Waals surface area contributed by atoms with Gasteiger partial charge in [0.05, 0.1) is 0 Å². The van der Waals surface area contributed by atoms with E-state index in [0.717, 1.165) is 6.42 Å². The molecule has 0 aliphatic rings. The summed E-state index contributed by atoms with van der Waals surface area (Å²) in [6, 6.07) is 12.8. The van der Waals surface area contributed by atoms with E-state index in [-0.39, 0.29) is 0 Å². The van der Waals surface area contributed by atoms with Crippen molar-refractivity contribution in [1.82, 2.24) is 10.2 Å². The number of hydrogen-bond donors (Lipinski definition) is 1. The first-order chi connectivity index (χ1) is 7.95. The summed E-state index contributed by atoms with van der Waals surface area (Å²) in [5.41, 5.74) is 2.70. The van der Waals surface area contributed by atoms with Gasteiger partial charge in [-0.15, -0.1) is 0 Å². The molecule has 0 amide bonds. The molecule has 1 N–H and O–H groups in total. The second-order valence-electron chi connectivity index (χ2n) is 4.13. The van der Waals surface area contributed by atoms with Crippen LogP contribution in [-0.2, 0) is 12.8 Å². The first-order valence-electron chi connectivity index (χ1n) is 5.97. The van der Waals surface area contributed by atoms with Crippen LogP contribution in [0.4, 0.5) is 0 Å². The number of nitrogens with one attached hydrogen (secondary N) is 1. The average molecular weight is 214 g/mol. The molecule has 0 fully saturated rings. The highest BCUT2D eigenvalue weighted by Gasteiger charge is 1.95. The van der Waals surface area contributed by atoms with Crippen molar-refractivity contribution in [1.29, 1.82) is 0 Å². The summed E-state index contributed by atoms with van der Waals surface area (Å²) in [7, 11) is 0. The Morgan fingerprint density at radius 1 is 0.875 bits per heavy atom. The zero-order valence-electron chi connectivity index (χ0n) is 9.52. The molecule has 16 heavy (non-hydrogen) atoms. The van der Waals surface area contributed by atoms with Gasteiger partial charge in [-0.1, -0.05) is 36.8 Å². The molecule has 1 aromatic carbocycles. The van der Waals surface area contributed by atoms with Gasteiger partial charge in [0.2, 0.25) is 0 Å². The van der Waals surface area contributed by atoms with Crippen LogP contribution < -0.4 is 0 Å².